The molecule has 1 aromatic carbocycles. The number of rotatable bonds is 1. The Kier molecular flexibility index (Phi) is 2.44. The molecule has 2 aromatic rings. The number of nitrogen functional groups attached to an aromatic ring is 1. The van der Waals surface area contributed by atoms with Crippen LogP contribution in [0, 0.1) is 12.7 Å². The zero-order valence-electron chi connectivity index (χ0n) is 8.64. The number of anilines is 1. The predicted molar refractivity (Wildman–Crippen MR) is 58.9 cm³/mol. The Morgan fingerprint density at radius 3 is 2.81 bits per heavy atom. The van der Waals surface area contributed by atoms with Gasteiger partial charge in [-0.3, -0.25) is 4.79 Å². The molecule has 16 heavy (non-hydrogen) atoms. The molecule has 0 atom stereocenters. The zero-order valence-corrected chi connectivity index (χ0v) is 8.64. The fourth-order valence-corrected chi connectivity index (χ4v) is 1.43. The van der Waals surface area contributed by atoms with E-state index in [1.807, 2.05) is 0 Å². The third-order valence-electron chi connectivity index (χ3n) is 2.19. The van der Waals surface area contributed by atoms with Crippen molar-refractivity contribution >= 4 is 5.82 Å². The van der Waals surface area contributed by atoms with Crippen molar-refractivity contribution < 1.29 is 4.39 Å². The Balaban J connectivity index is 2.65. The molecule has 1 heterocycles. The van der Waals surface area contributed by atoms with E-state index >= 15 is 0 Å². The average molecular weight is 219 g/mol. The van der Waals surface area contributed by atoms with Gasteiger partial charge in [0, 0.05) is 11.8 Å². The Labute approximate surface area is 91.1 Å². The molecule has 0 unspecified atom stereocenters. The lowest BCUT2D eigenvalue weighted by molar-refractivity contribution is 0.624. The van der Waals surface area contributed by atoms with Crippen LogP contribution in [0.1, 0.15) is 5.69 Å². The fraction of sp³-hybridized carbons (Fsp3) is 0.0909. The molecule has 2 rings (SSSR count). The van der Waals surface area contributed by atoms with Crippen LogP contribution in [0.2, 0.25) is 0 Å². The maximum Gasteiger partial charge on any atom is 0.224 e. The first-order valence-electron chi connectivity index (χ1n) is 4.70. The van der Waals surface area contributed by atoms with E-state index in [-0.39, 0.29) is 17.1 Å². The van der Waals surface area contributed by atoms with Crippen LogP contribution in [0.3, 0.4) is 0 Å². The number of benzene rings is 1. The summed E-state index contributed by atoms with van der Waals surface area (Å²) in [6, 6.07) is 7.29. The molecule has 0 aliphatic rings. The summed E-state index contributed by atoms with van der Waals surface area (Å²) in [5.41, 5.74) is 6.23. The highest BCUT2D eigenvalue weighted by Gasteiger charge is 2.05. The van der Waals surface area contributed by atoms with Crippen molar-refractivity contribution in [3.63, 3.8) is 0 Å². The lowest BCUT2D eigenvalue weighted by Crippen LogP contribution is -2.17. The molecule has 0 radical (unpaired) electrons. The first kappa shape index (κ1) is 10.4. The smallest absolute Gasteiger partial charge is 0.224 e. The number of aromatic nitrogens is 2. The van der Waals surface area contributed by atoms with E-state index in [1.165, 1.54) is 22.9 Å². The van der Waals surface area contributed by atoms with Gasteiger partial charge in [-0.15, -0.1) is 5.10 Å². The molecule has 0 aliphatic heterocycles. The minimum Gasteiger partial charge on any atom is -0.379 e. The first-order valence-corrected chi connectivity index (χ1v) is 4.70. The zero-order chi connectivity index (χ0) is 11.7. The van der Waals surface area contributed by atoms with Gasteiger partial charge in [0.15, 0.2) is 5.82 Å². The van der Waals surface area contributed by atoms with Crippen LogP contribution in [-0.4, -0.2) is 9.78 Å². The summed E-state index contributed by atoms with van der Waals surface area (Å²) in [7, 11) is 0. The summed E-state index contributed by atoms with van der Waals surface area (Å²) < 4.78 is 14.5. The van der Waals surface area contributed by atoms with Crippen LogP contribution in [0.4, 0.5) is 10.2 Å². The largest absolute Gasteiger partial charge is 0.379 e. The highest BCUT2D eigenvalue weighted by atomic mass is 19.1. The second-order valence-corrected chi connectivity index (χ2v) is 3.43. The molecule has 0 spiro atoms. The second-order valence-electron chi connectivity index (χ2n) is 3.43. The van der Waals surface area contributed by atoms with Crippen LogP contribution >= 0.6 is 0 Å². The molecule has 4 nitrogen and oxygen atoms in total. The Morgan fingerprint density at radius 2 is 2.12 bits per heavy atom. The molecule has 0 amide bonds. The van der Waals surface area contributed by atoms with Gasteiger partial charge in [0.05, 0.1) is 5.69 Å². The molecule has 2 N–H and O–H groups in total. The van der Waals surface area contributed by atoms with E-state index in [0.717, 1.165) is 0 Å². The van der Waals surface area contributed by atoms with Crippen molar-refractivity contribution in [2.45, 2.75) is 6.92 Å². The van der Waals surface area contributed by atoms with Crippen LogP contribution in [0.5, 0.6) is 0 Å². The SMILES string of the molecule is Cc1cc(=O)c(N)nn1-c1cccc(F)c1. The van der Waals surface area contributed by atoms with Crippen molar-refractivity contribution in [3.05, 3.63) is 52.1 Å². The van der Waals surface area contributed by atoms with Crippen LogP contribution in [0.15, 0.2) is 35.1 Å². The molecule has 82 valence electrons. The van der Waals surface area contributed by atoms with Gasteiger partial charge in [-0.25, -0.2) is 9.07 Å². The number of halogens is 1. The maximum atomic E-state index is 13.0. The Morgan fingerprint density at radius 1 is 1.38 bits per heavy atom. The third kappa shape index (κ3) is 1.79. The number of nitrogens with two attached hydrogens (primary N) is 1. The lowest BCUT2D eigenvalue weighted by Gasteiger charge is -2.09. The number of hydrogen-bond acceptors (Lipinski definition) is 3. The van der Waals surface area contributed by atoms with Crippen molar-refractivity contribution in [3.8, 4) is 5.69 Å². The average Bonchev–Trinajstić information content (AvgIpc) is 2.23. The molecule has 0 saturated heterocycles. The molecular weight excluding hydrogens is 209 g/mol. The van der Waals surface area contributed by atoms with Gasteiger partial charge < -0.3 is 5.73 Å². The molecule has 1 aromatic heterocycles. The summed E-state index contributed by atoms with van der Waals surface area (Å²) in [4.78, 5) is 11.2. The summed E-state index contributed by atoms with van der Waals surface area (Å²) in [6.45, 7) is 1.71. The van der Waals surface area contributed by atoms with Crippen molar-refractivity contribution in [1.82, 2.24) is 9.78 Å². The summed E-state index contributed by atoms with van der Waals surface area (Å²) in [5.74, 6) is -0.467. The Bertz CT molecular complexity index is 592. The normalized spacial score (nSPS) is 10.4. The van der Waals surface area contributed by atoms with Crippen molar-refractivity contribution in [2.75, 3.05) is 5.73 Å². The highest BCUT2D eigenvalue weighted by molar-refractivity contribution is 5.36. The van der Waals surface area contributed by atoms with Crippen LogP contribution < -0.4 is 11.2 Å². The summed E-state index contributed by atoms with van der Waals surface area (Å²) in [6.07, 6.45) is 0. The van der Waals surface area contributed by atoms with Gasteiger partial charge in [-0.05, 0) is 25.1 Å². The van der Waals surface area contributed by atoms with E-state index in [1.54, 1.807) is 19.1 Å². The number of nitrogens with zero attached hydrogens (tertiary/aromatic N) is 2. The summed E-state index contributed by atoms with van der Waals surface area (Å²) >= 11 is 0. The summed E-state index contributed by atoms with van der Waals surface area (Å²) in [5, 5.41) is 3.90. The molecule has 0 bridgehead atoms. The van der Waals surface area contributed by atoms with Crippen molar-refractivity contribution in [1.29, 1.82) is 0 Å². The van der Waals surface area contributed by atoms with Gasteiger partial charge in [-0.1, -0.05) is 6.07 Å². The van der Waals surface area contributed by atoms with Gasteiger partial charge in [0.25, 0.3) is 0 Å². The van der Waals surface area contributed by atoms with E-state index in [0.29, 0.717) is 11.4 Å². The van der Waals surface area contributed by atoms with Gasteiger partial charge in [0.2, 0.25) is 5.43 Å². The Hall–Kier alpha value is -2.17. The molecular formula is C11H10FN3O. The highest BCUT2D eigenvalue weighted by Crippen LogP contribution is 2.10. The van der Waals surface area contributed by atoms with E-state index < -0.39 is 0 Å². The van der Waals surface area contributed by atoms with E-state index in [9.17, 15) is 9.18 Å². The quantitative estimate of drug-likeness (QED) is 0.785. The minimum atomic E-state index is -0.365. The third-order valence-corrected chi connectivity index (χ3v) is 2.19. The van der Waals surface area contributed by atoms with Gasteiger partial charge >= 0.3 is 0 Å². The van der Waals surface area contributed by atoms with E-state index in [2.05, 4.69) is 5.10 Å². The number of hydrogen-bond donors (Lipinski definition) is 1. The minimum absolute atomic E-state index is 0.102. The fourth-order valence-electron chi connectivity index (χ4n) is 1.43. The molecule has 5 heteroatoms. The lowest BCUT2D eigenvalue weighted by atomic mass is 10.3. The van der Waals surface area contributed by atoms with Crippen LogP contribution in [-0.2, 0) is 0 Å². The maximum absolute atomic E-state index is 13.0. The van der Waals surface area contributed by atoms with E-state index in [4.69, 9.17) is 5.73 Å². The second kappa shape index (κ2) is 3.77. The van der Waals surface area contributed by atoms with Gasteiger partial charge in [-0.2, -0.15) is 0 Å². The standard InChI is InChI=1S/C11H10FN3O/c1-7-5-10(16)11(13)14-15(7)9-4-2-3-8(12)6-9/h2-6H,1H3,(H2,13,14). The topological polar surface area (TPSA) is 60.9 Å². The van der Waals surface area contributed by atoms with Gasteiger partial charge in [0.1, 0.15) is 5.82 Å². The monoisotopic (exact) mass is 219 g/mol. The first-order chi connectivity index (χ1) is 7.58. The van der Waals surface area contributed by atoms with Crippen molar-refractivity contribution in [2.24, 2.45) is 0 Å². The van der Waals surface area contributed by atoms with Crippen LogP contribution in [0.25, 0.3) is 5.69 Å². The molecule has 0 fully saturated rings. The molecule has 0 saturated carbocycles. The molecule has 0 aliphatic carbocycles. The predicted octanol–water partition coefficient (Wildman–Crippen LogP) is 1.26. The number of aryl methyl sites for hydroxylation is 1.